The molecule has 3 N–H and O–H groups in total. The van der Waals surface area contributed by atoms with Gasteiger partial charge in [-0.25, -0.2) is 4.99 Å². The Morgan fingerprint density at radius 3 is 2.47 bits per heavy atom. The van der Waals surface area contributed by atoms with E-state index in [2.05, 4.69) is 34.7 Å². The maximum absolute atomic E-state index is 12.5. The summed E-state index contributed by atoms with van der Waals surface area (Å²) in [5.74, 6) is 1.51. The third-order valence-corrected chi connectivity index (χ3v) is 7.67. The van der Waals surface area contributed by atoms with Crippen molar-refractivity contribution in [1.29, 1.82) is 0 Å². The van der Waals surface area contributed by atoms with Gasteiger partial charge < -0.3 is 20.9 Å². The van der Waals surface area contributed by atoms with Crippen molar-refractivity contribution in [3.63, 3.8) is 0 Å². The van der Waals surface area contributed by atoms with Crippen molar-refractivity contribution >= 4 is 46.4 Å². The Hall–Kier alpha value is -2.28. The number of anilines is 2. The summed E-state index contributed by atoms with van der Waals surface area (Å²) < 4.78 is 0. The minimum atomic E-state index is -0.0509. The fourth-order valence-corrected chi connectivity index (χ4v) is 5.43. The molecule has 1 heterocycles. The van der Waals surface area contributed by atoms with Crippen LogP contribution in [0.25, 0.3) is 0 Å². The van der Waals surface area contributed by atoms with Gasteiger partial charge in [0.25, 0.3) is 0 Å². The summed E-state index contributed by atoms with van der Waals surface area (Å²) in [6, 6.07) is 14.0. The largest absolute Gasteiger partial charge is 0.340 e. The number of halogens is 2. The van der Waals surface area contributed by atoms with Crippen LogP contribution in [0.1, 0.15) is 51.5 Å². The number of aliphatic imine (C=N–C) groups is 1. The topological polar surface area (TPSA) is 68.8 Å². The summed E-state index contributed by atoms with van der Waals surface area (Å²) in [5, 5.41) is 11.3. The van der Waals surface area contributed by atoms with Crippen molar-refractivity contribution in [3.05, 3.63) is 58.1 Å². The molecule has 1 aliphatic carbocycles. The Bertz CT molecular complexity index is 1060. The number of carbonyl (C=O) groups is 1. The highest BCUT2D eigenvalue weighted by molar-refractivity contribution is 6.35. The average Bonchev–Trinajstić information content (AvgIpc) is 2.85. The van der Waals surface area contributed by atoms with Crippen LogP contribution in [-0.2, 0) is 11.2 Å². The number of nitrogens with one attached hydrogen (secondary N) is 3. The number of piperazine rings is 1. The Kier molecular flexibility index (Phi) is 9.52. The average molecular weight is 531 g/mol. The minimum Gasteiger partial charge on any atom is -0.340 e. The SMILES string of the molecule is C[C@@H]1CN(C(=N[C@H]2CCCC[C@@H]2C)Nc2ccc(NC(=O)CCc3ccc(Cl)cc3Cl)cc2)CCN1. The second-order valence-corrected chi connectivity index (χ2v) is 10.9. The fourth-order valence-electron chi connectivity index (χ4n) is 4.93. The van der Waals surface area contributed by atoms with Crippen molar-refractivity contribution in [3.8, 4) is 0 Å². The highest BCUT2D eigenvalue weighted by Crippen LogP contribution is 2.27. The monoisotopic (exact) mass is 529 g/mol. The van der Waals surface area contributed by atoms with E-state index in [1.807, 2.05) is 30.3 Å². The number of carbonyl (C=O) groups excluding carboxylic acids is 1. The lowest BCUT2D eigenvalue weighted by Crippen LogP contribution is -2.53. The van der Waals surface area contributed by atoms with Crippen molar-refractivity contribution in [2.75, 3.05) is 30.3 Å². The molecule has 1 saturated heterocycles. The smallest absolute Gasteiger partial charge is 0.224 e. The third-order valence-electron chi connectivity index (χ3n) is 7.08. The lowest BCUT2D eigenvalue weighted by atomic mass is 9.86. The van der Waals surface area contributed by atoms with Crippen LogP contribution >= 0.6 is 23.2 Å². The number of hydrogen-bond acceptors (Lipinski definition) is 3. The van der Waals surface area contributed by atoms with Gasteiger partial charge in [-0.15, -0.1) is 0 Å². The van der Waals surface area contributed by atoms with E-state index in [0.29, 0.717) is 40.9 Å². The molecule has 0 bridgehead atoms. The standard InChI is InChI=1S/C28H37Cl2N5O/c1-19-5-3-4-6-26(19)34-28(35-16-15-31-20(2)18-35)33-24-12-10-23(11-13-24)32-27(36)14-8-21-7-9-22(29)17-25(21)30/h7,9-13,17,19-20,26,31H,3-6,8,14-16,18H2,1-2H3,(H,32,36)(H,33,34)/t19-,20+,26-/m0/s1. The van der Waals surface area contributed by atoms with Gasteiger partial charge in [-0.3, -0.25) is 4.79 Å². The lowest BCUT2D eigenvalue weighted by Gasteiger charge is -2.36. The molecule has 6 nitrogen and oxygen atoms in total. The van der Waals surface area contributed by atoms with Crippen LogP contribution in [0.4, 0.5) is 11.4 Å². The van der Waals surface area contributed by atoms with E-state index < -0.39 is 0 Å². The van der Waals surface area contributed by atoms with Crippen molar-refractivity contribution < 1.29 is 4.79 Å². The number of rotatable bonds is 6. The molecule has 36 heavy (non-hydrogen) atoms. The van der Waals surface area contributed by atoms with E-state index in [-0.39, 0.29) is 5.91 Å². The van der Waals surface area contributed by atoms with Gasteiger partial charge in [0, 0.05) is 53.5 Å². The van der Waals surface area contributed by atoms with Crippen LogP contribution in [0.3, 0.4) is 0 Å². The molecule has 0 unspecified atom stereocenters. The van der Waals surface area contributed by atoms with Crippen LogP contribution in [0.15, 0.2) is 47.5 Å². The summed E-state index contributed by atoms with van der Waals surface area (Å²) in [6.45, 7) is 7.35. The molecule has 0 spiro atoms. The van der Waals surface area contributed by atoms with Gasteiger partial charge in [-0.05, 0) is 74.1 Å². The summed E-state index contributed by atoms with van der Waals surface area (Å²) in [4.78, 5) is 20.1. The van der Waals surface area contributed by atoms with E-state index in [0.717, 1.165) is 49.0 Å². The molecule has 2 aliphatic rings. The van der Waals surface area contributed by atoms with Crippen LogP contribution in [0, 0.1) is 5.92 Å². The molecule has 194 valence electrons. The van der Waals surface area contributed by atoms with Gasteiger partial charge in [0.05, 0.1) is 6.04 Å². The molecule has 2 fully saturated rings. The molecule has 1 amide bonds. The third kappa shape index (κ3) is 7.61. The normalized spacial score (nSPS) is 22.8. The molecule has 0 aromatic heterocycles. The highest BCUT2D eigenvalue weighted by Gasteiger charge is 2.25. The quantitative estimate of drug-likeness (QED) is 0.307. The second kappa shape index (κ2) is 12.8. The number of aryl methyl sites for hydroxylation is 1. The first-order valence-corrected chi connectivity index (χ1v) is 13.8. The molecule has 3 atom stereocenters. The number of amides is 1. The van der Waals surface area contributed by atoms with Crippen LogP contribution < -0.4 is 16.0 Å². The zero-order valence-electron chi connectivity index (χ0n) is 21.2. The molecule has 4 rings (SSSR count). The zero-order valence-corrected chi connectivity index (χ0v) is 22.7. The zero-order chi connectivity index (χ0) is 25.5. The van der Waals surface area contributed by atoms with Gasteiger partial charge in [-0.2, -0.15) is 0 Å². The number of hydrogen-bond donors (Lipinski definition) is 3. The summed E-state index contributed by atoms with van der Waals surface area (Å²) in [6.07, 6.45) is 5.87. The molecular formula is C28H37Cl2N5O. The Morgan fingerprint density at radius 2 is 1.78 bits per heavy atom. The van der Waals surface area contributed by atoms with E-state index in [1.54, 1.807) is 12.1 Å². The fraction of sp³-hybridized carbons (Fsp3) is 0.500. The molecule has 1 aliphatic heterocycles. The predicted octanol–water partition coefficient (Wildman–Crippen LogP) is 6.21. The number of guanidine groups is 1. The van der Waals surface area contributed by atoms with Crippen molar-refractivity contribution in [2.45, 2.75) is 64.5 Å². The first kappa shape index (κ1) is 26.8. The number of benzene rings is 2. The second-order valence-electron chi connectivity index (χ2n) is 10.1. The maximum atomic E-state index is 12.5. The molecular weight excluding hydrogens is 493 g/mol. The van der Waals surface area contributed by atoms with Gasteiger partial charge in [-0.1, -0.05) is 49.0 Å². The summed E-state index contributed by atoms with van der Waals surface area (Å²) >= 11 is 12.2. The van der Waals surface area contributed by atoms with E-state index in [4.69, 9.17) is 28.2 Å². The molecule has 0 radical (unpaired) electrons. The van der Waals surface area contributed by atoms with E-state index >= 15 is 0 Å². The molecule has 1 saturated carbocycles. The molecule has 8 heteroatoms. The minimum absolute atomic E-state index is 0.0509. The summed E-state index contributed by atoms with van der Waals surface area (Å²) in [7, 11) is 0. The van der Waals surface area contributed by atoms with Gasteiger partial charge in [0.15, 0.2) is 5.96 Å². The Labute approximate surface area is 224 Å². The Balaban J connectivity index is 1.38. The number of nitrogens with zero attached hydrogens (tertiary/aromatic N) is 2. The van der Waals surface area contributed by atoms with Crippen molar-refractivity contribution in [1.82, 2.24) is 10.2 Å². The van der Waals surface area contributed by atoms with Gasteiger partial charge in [0.2, 0.25) is 5.91 Å². The highest BCUT2D eigenvalue weighted by atomic mass is 35.5. The van der Waals surface area contributed by atoms with Gasteiger partial charge in [0.1, 0.15) is 0 Å². The first-order valence-electron chi connectivity index (χ1n) is 13.0. The first-order chi connectivity index (χ1) is 17.4. The van der Waals surface area contributed by atoms with Gasteiger partial charge >= 0.3 is 0 Å². The van der Waals surface area contributed by atoms with E-state index in [9.17, 15) is 4.79 Å². The Morgan fingerprint density at radius 1 is 1.06 bits per heavy atom. The lowest BCUT2D eigenvalue weighted by molar-refractivity contribution is -0.116. The summed E-state index contributed by atoms with van der Waals surface area (Å²) in [5.41, 5.74) is 2.65. The van der Waals surface area contributed by atoms with Crippen molar-refractivity contribution in [2.24, 2.45) is 10.9 Å². The maximum Gasteiger partial charge on any atom is 0.224 e. The van der Waals surface area contributed by atoms with Crippen LogP contribution in [0.5, 0.6) is 0 Å². The predicted molar refractivity (Wildman–Crippen MR) is 151 cm³/mol. The molecule has 2 aromatic carbocycles. The van der Waals surface area contributed by atoms with Crippen LogP contribution in [-0.4, -0.2) is 48.5 Å². The van der Waals surface area contributed by atoms with Crippen LogP contribution in [0.2, 0.25) is 10.0 Å². The molecule has 2 aromatic rings. The van der Waals surface area contributed by atoms with E-state index in [1.165, 1.54) is 19.3 Å².